The molecule has 0 aliphatic heterocycles. The maximum absolute atomic E-state index is 11.6. The Bertz CT molecular complexity index is 579. The second-order valence-corrected chi connectivity index (χ2v) is 5.65. The highest BCUT2D eigenvalue weighted by Gasteiger charge is 2.17. The highest BCUT2D eigenvalue weighted by atomic mass is 32.2. The van der Waals surface area contributed by atoms with Crippen molar-refractivity contribution in [2.75, 3.05) is 5.75 Å². The summed E-state index contributed by atoms with van der Waals surface area (Å²) in [5.74, 6) is 0.00330. The van der Waals surface area contributed by atoms with Crippen molar-refractivity contribution in [1.82, 2.24) is 4.98 Å². The normalized spacial score (nSPS) is 11.0. The van der Waals surface area contributed by atoms with Crippen molar-refractivity contribution in [1.29, 1.82) is 5.26 Å². The van der Waals surface area contributed by atoms with Crippen LogP contribution in [0.4, 0.5) is 0 Å². The minimum atomic E-state index is -3.31. The molecule has 6 heteroatoms. The molecule has 0 fully saturated rings. The molecule has 0 aromatic carbocycles. The van der Waals surface area contributed by atoms with Crippen LogP contribution >= 0.6 is 12.2 Å². The van der Waals surface area contributed by atoms with Gasteiger partial charge in [-0.3, -0.25) is 0 Å². The van der Waals surface area contributed by atoms with Crippen LogP contribution in [-0.4, -0.2) is 19.2 Å². The number of rotatable bonds is 2. The average molecular weight is 242 g/mol. The summed E-state index contributed by atoms with van der Waals surface area (Å²) in [6.45, 7) is 3.15. The van der Waals surface area contributed by atoms with Crippen molar-refractivity contribution < 1.29 is 8.42 Å². The van der Waals surface area contributed by atoms with Gasteiger partial charge in [-0.2, -0.15) is 5.26 Å². The summed E-state index contributed by atoms with van der Waals surface area (Å²) in [4.78, 5) is 2.76. The van der Waals surface area contributed by atoms with Gasteiger partial charge in [0.1, 0.15) is 10.7 Å². The Hall–Kier alpha value is -1.19. The minimum Gasteiger partial charge on any atom is -0.350 e. The van der Waals surface area contributed by atoms with E-state index in [2.05, 4.69) is 4.98 Å². The van der Waals surface area contributed by atoms with Gasteiger partial charge in [-0.15, -0.1) is 0 Å². The van der Waals surface area contributed by atoms with E-state index in [0.29, 0.717) is 5.56 Å². The zero-order valence-corrected chi connectivity index (χ0v) is 10.00. The summed E-state index contributed by atoms with van der Waals surface area (Å²) in [5, 5.41) is 8.83. The Morgan fingerprint density at radius 1 is 1.60 bits per heavy atom. The third-order valence-electron chi connectivity index (χ3n) is 2.13. The first kappa shape index (κ1) is 11.9. The van der Waals surface area contributed by atoms with Gasteiger partial charge in [0.2, 0.25) is 0 Å². The second-order valence-electron chi connectivity index (χ2n) is 3.00. The standard InChI is InChI=1S/C9H10N2O2S2/c1-3-15(12,13)8-5-11-9(14)7(4-10)6(8)2/h5H,3H2,1-2H3,(H,11,14). The smallest absolute Gasteiger partial charge is 0.179 e. The summed E-state index contributed by atoms with van der Waals surface area (Å²) in [6, 6.07) is 1.90. The molecule has 1 aromatic rings. The van der Waals surface area contributed by atoms with Gasteiger partial charge in [0.05, 0.1) is 16.2 Å². The van der Waals surface area contributed by atoms with Gasteiger partial charge in [-0.05, 0) is 12.5 Å². The number of aromatic nitrogens is 1. The first-order valence-corrected chi connectivity index (χ1v) is 6.35. The fraction of sp³-hybridized carbons (Fsp3) is 0.333. The quantitative estimate of drug-likeness (QED) is 0.801. The van der Waals surface area contributed by atoms with E-state index in [1.165, 1.54) is 6.20 Å². The molecule has 4 nitrogen and oxygen atoms in total. The minimum absolute atomic E-state index is 0.00330. The highest BCUT2D eigenvalue weighted by molar-refractivity contribution is 7.91. The lowest BCUT2D eigenvalue weighted by Crippen LogP contribution is -2.08. The molecule has 0 saturated carbocycles. The number of pyridine rings is 1. The van der Waals surface area contributed by atoms with Gasteiger partial charge >= 0.3 is 0 Å². The summed E-state index contributed by atoms with van der Waals surface area (Å²) in [7, 11) is -3.31. The van der Waals surface area contributed by atoms with E-state index in [0.717, 1.165) is 0 Å². The van der Waals surface area contributed by atoms with Crippen molar-refractivity contribution in [2.24, 2.45) is 0 Å². The van der Waals surface area contributed by atoms with Gasteiger partial charge in [-0.25, -0.2) is 8.42 Å². The van der Waals surface area contributed by atoms with E-state index >= 15 is 0 Å². The van der Waals surface area contributed by atoms with Crippen LogP contribution in [0, 0.1) is 22.9 Å². The van der Waals surface area contributed by atoms with Gasteiger partial charge < -0.3 is 4.98 Å². The molecular formula is C9H10N2O2S2. The number of H-pyrrole nitrogens is 1. The molecule has 0 saturated heterocycles. The molecule has 1 rings (SSSR count). The van der Waals surface area contributed by atoms with Crippen molar-refractivity contribution in [3.8, 4) is 6.07 Å². The fourth-order valence-electron chi connectivity index (χ4n) is 1.22. The maximum Gasteiger partial charge on any atom is 0.179 e. The molecular weight excluding hydrogens is 232 g/mol. The second kappa shape index (κ2) is 4.13. The van der Waals surface area contributed by atoms with Crippen LogP contribution in [0.2, 0.25) is 0 Å². The Labute approximate surface area is 93.5 Å². The number of hydrogen-bond donors (Lipinski definition) is 1. The Morgan fingerprint density at radius 2 is 2.20 bits per heavy atom. The third-order valence-corrected chi connectivity index (χ3v) is 4.31. The summed E-state index contributed by atoms with van der Waals surface area (Å²) >= 11 is 4.88. The van der Waals surface area contributed by atoms with E-state index in [-0.39, 0.29) is 20.9 Å². The number of hydrogen-bond acceptors (Lipinski definition) is 4. The SMILES string of the molecule is CCS(=O)(=O)c1c[nH]c(=S)c(C#N)c1C. The van der Waals surface area contributed by atoms with Gasteiger partial charge in [-0.1, -0.05) is 19.1 Å². The lowest BCUT2D eigenvalue weighted by atomic mass is 10.2. The van der Waals surface area contributed by atoms with Crippen molar-refractivity contribution >= 4 is 22.1 Å². The van der Waals surface area contributed by atoms with E-state index in [4.69, 9.17) is 17.5 Å². The maximum atomic E-state index is 11.6. The Kier molecular flexibility index (Phi) is 3.27. The van der Waals surface area contributed by atoms with Crippen LogP contribution in [-0.2, 0) is 9.84 Å². The molecule has 0 spiro atoms. The first-order chi connectivity index (χ1) is 6.94. The topological polar surface area (TPSA) is 73.7 Å². The lowest BCUT2D eigenvalue weighted by Gasteiger charge is -2.06. The van der Waals surface area contributed by atoms with Gasteiger partial charge in [0, 0.05) is 6.20 Å². The molecule has 0 amide bonds. The predicted molar refractivity (Wildman–Crippen MR) is 58.8 cm³/mol. The molecule has 1 aromatic heterocycles. The van der Waals surface area contributed by atoms with E-state index < -0.39 is 9.84 Å². The van der Waals surface area contributed by atoms with Crippen LogP contribution in [0.15, 0.2) is 11.1 Å². The molecule has 0 atom stereocenters. The van der Waals surface area contributed by atoms with Crippen LogP contribution in [0.25, 0.3) is 0 Å². The summed E-state index contributed by atoms with van der Waals surface area (Å²) < 4.78 is 23.5. The van der Waals surface area contributed by atoms with E-state index in [1.807, 2.05) is 6.07 Å². The average Bonchev–Trinajstić information content (AvgIpc) is 2.18. The number of nitriles is 1. The van der Waals surface area contributed by atoms with Gasteiger partial charge in [0.15, 0.2) is 9.84 Å². The van der Waals surface area contributed by atoms with Crippen molar-refractivity contribution in [3.63, 3.8) is 0 Å². The van der Waals surface area contributed by atoms with Crippen LogP contribution in [0.5, 0.6) is 0 Å². The molecule has 1 N–H and O–H groups in total. The number of aromatic amines is 1. The number of nitrogens with zero attached hydrogens (tertiary/aromatic N) is 1. The number of sulfone groups is 1. The Balaban J connectivity index is 3.64. The zero-order valence-electron chi connectivity index (χ0n) is 8.36. The monoisotopic (exact) mass is 242 g/mol. The molecule has 80 valence electrons. The highest BCUT2D eigenvalue weighted by Crippen LogP contribution is 2.18. The molecule has 0 bridgehead atoms. The van der Waals surface area contributed by atoms with Crippen molar-refractivity contribution in [2.45, 2.75) is 18.7 Å². The Morgan fingerprint density at radius 3 is 2.67 bits per heavy atom. The molecule has 0 aliphatic carbocycles. The van der Waals surface area contributed by atoms with Gasteiger partial charge in [0.25, 0.3) is 0 Å². The molecule has 0 aliphatic rings. The largest absolute Gasteiger partial charge is 0.350 e. The molecule has 1 heterocycles. The van der Waals surface area contributed by atoms with Crippen molar-refractivity contribution in [3.05, 3.63) is 22.0 Å². The molecule has 0 radical (unpaired) electrons. The van der Waals surface area contributed by atoms with E-state index in [9.17, 15) is 8.42 Å². The van der Waals surface area contributed by atoms with E-state index in [1.54, 1.807) is 13.8 Å². The van der Waals surface area contributed by atoms with Crippen LogP contribution in [0.3, 0.4) is 0 Å². The predicted octanol–water partition coefficient (Wildman–Crippen LogP) is 1.72. The summed E-state index contributed by atoms with van der Waals surface area (Å²) in [6.07, 6.45) is 1.34. The molecule has 15 heavy (non-hydrogen) atoms. The van der Waals surface area contributed by atoms with Crippen LogP contribution in [0.1, 0.15) is 18.1 Å². The summed E-state index contributed by atoms with van der Waals surface area (Å²) in [5.41, 5.74) is 0.641. The zero-order chi connectivity index (χ0) is 11.6. The third kappa shape index (κ3) is 2.08. The number of nitrogens with one attached hydrogen (secondary N) is 1. The molecule has 0 unspecified atom stereocenters. The lowest BCUT2D eigenvalue weighted by molar-refractivity contribution is 0.596. The fourth-order valence-corrected chi connectivity index (χ4v) is 2.59. The van der Waals surface area contributed by atoms with Crippen LogP contribution < -0.4 is 0 Å². The first-order valence-electron chi connectivity index (χ1n) is 4.29.